The molecule has 1 N–H and O–H groups in total. The highest BCUT2D eigenvalue weighted by Gasteiger charge is 2.25. The van der Waals surface area contributed by atoms with E-state index in [0.29, 0.717) is 18.4 Å². The van der Waals surface area contributed by atoms with Gasteiger partial charge in [-0.2, -0.15) is 0 Å². The normalized spacial score (nSPS) is 20.5. The SMILES string of the molecule is CCCN(C(=O)Cc1ccc2c(c1)CCC2)C1CCNC1. The van der Waals surface area contributed by atoms with Crippen LogP contribution >= 0.6 is 0 Å². The summed E-state index contributed by atoms with van der Waals surface area (Å²) in [6.07, 6.45) is 6.34. The van der Waals surface area contributed by atoms with E-state index in [1.165, 1.54) is 36.0 Å². The Kier molecular flexibility index (Phi) is 4.59. The summed E-state index contributed by atoms with van der Waals surface area (Å²) in [5.74, 6) is 0.295. The van der Waals surface area contributed by atoms with Crippen molar-refractivity contribution < 1.29 is 4.79 Å². The summed E-state index contributed by atoms with van der Waals surface area (Å²) < 4.78 is 0. The monoisotopic (exact) mass is 286 g/mol. The Hall–Kier alpha value is -1.35. The fraction of sp³-hybridized carbons (Fsp3) is 0.611. The number of nitrogens with zero attached hydrogens (tertiary/aromatic N) is 1. The lowest BCUT2D eigenvalue weighted by Crippen LogP contribution is -2.42. The molecular formula is C18H26N2O. The van der Waals surface area contributed by atoms with E-state index in [0.717, 1.165) is 32.5 Å². The summed E-state index contributed by atoms with van der Waals surface area (Å²) in [5, 5.41) is 3.37. The van der Waals surface area contributed by atoms with Crippen LogP contribution < -0.4 is 5.32 Å². The maximum atomic E-state index is 12.7. The van der Waals surface area contributed by atoms with Crippen molar-refractivity contribution in [3.05, 3.63) is 34.9 Å². The van der Waals surface area contributed by atoms with Gasteiger partial charge >= 0.3 is 0 Å². The molecule has 1 atom stereocenters. The van der Waals surface area contributed by atoms with Crippen molar-refractivity contribution in [1.29, 1.82) is 0 Å². The van der Waals surface area contributed by atoms with Gasteiger partial charge in [0.1, 0.15) is 0 Å². The molecule has 1 aliphatic heterocycles. The minimum atomic E-state index is 0.295. The maximum absolute atomic E-state index is 12.7. The van der Waals surface area contributed by atoms with Gasteiger partial charge in [-0.25, -0.2) is 0 Å². The van der Waals surface area contributed by atoms with Gasteiger partial charge in [-0.1, -0.05) is 25.1 Å². The van der Waals surface area contributed by atoms with E-state index < -0.39 is 0 Å². The van der Waals surface area contributed by atoms with Gasteiger partial charge in [0.2, 0.25) is 5.91 Å². The first-order chi connectivity index (χ1) is 10.3. The quantitative estimate of drug-likeness (QED) is 0.901. The first kappa shape index (κ1) is 14.6. The zero-order chi connectivity index (χ0) is 14.7. The van der Waals surface area contributed by atoms with Crippen LogP contribution in [-0.2, 0) is 24.1 Å². The highest BCUT2D eigenvalue weighted by Crippen LogP contribution is 2.23. The Morgan fingerprint density at radius 2 is 2.19 bits per heavy atom. The maximum Gasteiger partial charge on any atom is 0.227 e. The van der Waals surface area contributed by atoms with Crippen LogP contribution in [0, 0.1) is 0 Å². The molecule has 1 aromatic rings. The van der Waals surface area contributed by atoms with Crippen LogP contribution in [0.4, 0.5) is 0 Å². The first-order valence-electron chi connectivity index (χ1n) is 8.39. The number of aryl methyl sites for hydroxylation is 2. The summed E-state index contributed by atoms with van der Waals surface area (Å²) in [4.78, 5) is 14.8. The molecule has 1 aliphatic carbocycles. The van der Waals surface area contributed by atoms with E-state index in [1.807, 2.05) is 0 Å². The number of carbonyl (C=O) groups excluding carboxylic acids is 1. The molecule has 1 saturated heterocycles. The zero-order valence-corrected chi connectivity index (χ0v) is 13.0. The average molecular weight is 286 g/mol. The van der Waals surface area contributed by atoms with Gasteiger partial charge in [0.05, 0.1) is 6.42 Å². The van der Waals surface area contributed by atoms with Crippen molar-refractivity contribution in [3.8, 4) is 0 Å². The molecule has 1 aromatic carbocycles. The van der Waals surface area contributed by atoms with Crippen LogP contribution in [0.5, 0.6) is 0 Å². The van der Waals surface area contributed by atoms with Crippen molar-refractivity contribution in [2.24, 2.45) is 0 Å². The predicted molar refractivity (Wildman–Crippen MR) is 85.4 cm³/mol. The van der Waals surface area contributed by atoms with Crippen molar-refractivity contribution >= 4 is 5.91 Å². The summed E-state index contributed by atoms with van der Waals surface area (Å²) in [6, 6.07) is 7.04. The van der Waals surface area contributed by atoms with E-state index >= 15 is 0 Å². The van der Waals surface area contributed by atoms with Crippen molar-refractivity contribution in [2.45, 2.75) is 51.5 Å². The number of hydrogen-bond donors (Lipinski definition) is 1. The fourth-order valence-electron chi connectivity index (χ4n) is 3.67. The molecule has 1 amide bonds. The summed E-state index contributed by atoms with van der Waals surface area (Å²) >= 11 is 0. The second kappa shape index (κ2) is 6.61. The minimum absolute atomic E-state index is 0.295. The van der Waals surface area contributed by atoms with E-state index in [2.05, 4.69) is 35.3 Å². The molecule has 0 bridgehead atoms. The lowest BCUT2D eigenvalue weighted by Gasteiger charge is -2.28. The van der Waals surface area contributed by atoms with Crippen LogP contribution in [0.1, 0.15) is 42.9 Å². The molecule has 3 nitrogen and oxygen atoms in total. The number of benzene rings is 1. The smallest absolute Gasteiger partial charge is 0.227 e. The van der Waals surface area contributed by atoms with Crippen LogP contribution in [0.25, 0.3) is 0 Å². The molecular weight excluding hydrogens is 260 g/mol. The number of nitrogens with one attached hydrogen (secondary N) is 1. The third kappa shape index (κ3) is 3.29. The van der Waals surface area contributed by atoms with Gasteiger partial charge in [0.15, 0.2) is 0 Å². The Balaban J connectivity index is 1.68. The van der Waals surface area contributed by atoms with E-state index in [4.69, 9.17) is 0 Å². The van der Waals surface area contributed by atoms with Gasteiger partial charge in [0.25, 0.3) is 0 Å². The van der Waals surface area contributed by atoms with Crippen LogP contribution in [0.3, 0.4) is 0 Å². The largest absolute Gasteiger partial charge is 0.338 e. The summed E-state index contributed by atoms with van der Waals surface area (Å²) in [5.41, 5.74) is 4.13. The average Bonchev–Trinajstić information content (AvgIpc) is 3.15. The molecule has 1 heterocycles. The molecule has 0 spiro atoms. The van der Waals surface area contributed by atoms with Gasteiger partial charge in [-0.05, 0) is 55.3 Å². The molecule has 114 valence electrons. The number of rotatable bonds is 5. The Morgan fingerprint density at radius 3 is 2.95 bits per heavy atom. The van der Waals surface area contributed by atoms with E-state index in [9.17, 15) is 4.79 Å². The molecule has 21 heavy (non-hydrogen) atoms. The standard InChI is InChI=1S/C18H26N2O/c1-2-10-20(17-8-9-19-13-17)18(21)12-14-6-7-15-4-3-5-16(15)11-14/h6-7,11,17,19H,2-5,8-10,12-13H2,1H3. The Labute approximate surface area is 127 Å². The Bertz CT molecular complexity index is 506. The van der Waals surface area contributed by atoms with Crippen LogP contribution in [0.15, 0.2) is 18.2 Å². The zero-order valence-electron chi connectivity index (χ0n) is 13.0. The van der Waals surface area contributed by atoms with Crippen LogP contribution in [0.2, 0.25) is 0 Å². The lowest BCUT2D eigenvalue weighted by molar-refractivity contribution is -0.132. The Morgan fingerprint density at radius 1 is 1.33 bits per heavy atom. The molecule has 1 unspecified atom stereocenters. The minimum Gasteiger partial charge on any atom is -0.338 e. The van der Waals surface area contributed by atoms with Gasteiger partial charge in [-0.15, -0.1) is 0 Å². The van der Waals surface area contributed by atoms with Crippen molar-refractivity contribution in [1.82, 2.24) is 10.2 Å². The molecule has 1 fully saturated rings. The molecule has 0 radical (unpaired) electrons. The summed E-state index contributed by atoms with van der Waals surface area (Å²) in [7, 11) is 0. The highest BCUT2D eigenvalue weighted by atomic mass is 16.2. The second-order valence-corrected chi connectivity index (χ2v) is 6.37. The van der Waals surface area contributed by atoms with Crippen molar-refractivity contribution in [2.75, 3.05) is 19.6 Å². The van der Waals surface area contributed by atoms with Gasteiger partial charge in [-0.3, -0.25) is 4.79 Å². The predicted octanol–water partition coefficient (Wildman–Crippen LogP) is 2.32. The molecule has 3 rings (SSSR count). The van der Waals surface area contributed by atoms with Crippen molar-refractivity contribution in [3.63, 3.8) is 0 Å². The number of amides is 1. The first-order valence-corrected chi connectivity index (χ1v) is 8.39. The molecule has 0 saturated carbocycles. The van der Waals surface area contributed by atoms with E-state index in [-0.39, 0.29) is 0 Å². The number of carbonyl (C=O) groups is 1. The lowest BCUT2D eigenvalue weighted by atomic mass is 10.0. The van der Waals surface area contributed by atoms with E-state index in [1.54, 1.807) is 0 Å². The number of hydrogen-bond acceptors (Lipinski definition) is 2. The third-order valence-corrected chi connectivity index (χ3v) is 4.78. The molecule has 3 heteroatoms. The van der Waals surface area contributed by atoms with Crippen LogP contribution in [-0.4, -0.2) is 36.5 Å². The molecule has 2 aliphatic rings. The molecule has 0 aromatic heterocycles. The topological polar surface area (TPSA) is 32.3 Å². The number of fused-ring (bicyclic) bond motifs is 1. The summed E-state index contributed by atoms with van der Waals surface area (Å²) in [6.45, 7) is 5.03. The fourth-order valence-corrected chi connectivity index (χ4v) is 3.67. The highest BCUT2D eigenvalue weighted by molar-refractivity contribution is 5.79. The third-order valence-electron chi connectivity index (χ3n) is 4.78. The second-order valence-electron chi connectivity index (χ2n) is 6.37. The van der Waals surface area contributed by atoms with Gasteiger partial charge < -0.3 is 10.2 Å². The van der Waals surface area contributed by atoms with Gasteiger partial charge in [0, 0.05) is 19.1 Å².